The Labute approximate surface area is 168 Å². The minimum Gasteiger partial charge on any atom is -0.406 e. The Morgan fingerprint density at radius 3 is 2.55 bits per heavy atom. The maximum Gasteiger partial charge on any atom is 0.573 e. The molecule has 0 unspecified atom stereocenters. The van der Waals surface area contributed by atoms with Crippen molar-refractivity contribution in [1.29, 1.82) is 0 Å². The molecule has 1 aliphatic rings. The Balaban J connectivity index is 1.75. The van der Waals surface area contributed by atoms with Crippen molar-refractivity contribution in [3.8, 4) is 17.0 Å². The summed E-state index contributed by atoms with van der Waals surface area (Å²) < 4.78 is 75.7. The van der Waals surface area contributed by atoms with Gasteiger partial charge in [0.05, 0.1) is 24.6 Å². The largest absolute Gasteiger partial charge is 0.573 e. The first kappa shape index (κ1) is 20.0. The average molecular weight is 479 g/mol. The molecule has 0 aliphatic heterocycles. The molecule has 6 nitrogen and oxygen atoms in total. The molecule has 12 heteroatoms. The molecule has 0 saturated heterocycles. The van der Waals surface area contributed by atoms with Crippen LogP contribution in [0.4, 0.5) is 22.0 Å². The molecule has 0 spiro atoms. The van der Waals surface area contributed by atoms with E-state index in [-0.39, 0.29) is 24.1 Å². The fraction of sp³-hybridized carbons (Fsp3) is 0.353. The molecule has 2 heterocycles. The van der Waals surface area contributed by atoms with E-state index >= 15 is 0 Å². The second-order valence-electron chi connectivity index (χ2n) is 6.40. The highest BCUT2D eigenvalue weighted by atomic mass is 79.9. The second kappa shape index (κ2) is 7.17. The van der Waals surface area contributed by atoms with Crippen molar-refractivity contribution >= 4 is 21.6 Å². The summed E-state index contributed by atoms with van der Waals surface area (Å²) in [6, 6.07) is 3.70. The van der Waals surface area contributed by atoms with Crippen LogP contribution in [0.2, 0.25) is 0 Å². The van der Waals surface area contributed by atoms with Crippen LogP contribution in [-0.2, 0) is 16.2 Å². The van der Waals surface area contributed by atoms with Crippen molar-refractivity contribution in [1.82, 2.24) is 19.6 Å². The molecule has 0 N–H and O–H groups in total. The van der Waals surface area contributed by atoms with Gasteiger partial charge in [0.25, 0.3) is 0 Å². The van der Waals surface area contributed by atoms with Crippen LogP contribution >= 0.6 is 15.9 Å². The standard InChI is InChI=1S/C17H12BrF5N4O2/c18-16(19,20)15-26-25-14-6-24-13(7-27(14)15)12-4-3-11(29-17(21,22)23)5-9(12)8-28-10-1-2-10/h3-7,10H,1-2,8H2. The number of alkyl halides is 6. The van der Waals surface area contributed by atoms with E-state index in [1.54, 1.807) is 0 Å². The zero-order valence-electron chi connectivity index (χ0n) is 14.5. The Morgan fingerprint density at radius 1 is 1.14 bits per heavy atom. The highest BCUT2D eigenvalue weighted by molar-refractivity contribution is 9.09. The zero-order chi connectivity index (χ0) is 20.8. The first-order chi connectivity index (χ1) is 13.6. The van der Waals surface area contributed by atoms with Gasteiger partial charge < -0.3 is 9.47 Å². The molecule has 4 rings (SSSR count). The first-order valence-electron chi connectivity index (χ1n) is 8.39. The Bertz CT molecular complexity index is 1050. The molecule has 0 amide bonds. The molecule has 3 aromatic rings. The fourth-order valence-electron chi connectivity index (χ4n) is 2.71. The molecule has 29 heavy (non-hydrogen) atoms. The van der Waals surface area contributed by atoms with E-state index in [0.29, 0.717) is 11.1 Å². The van der Waals surface area contributed by atoms with Crippen molar-refractivity contribution in [3.63, 3.8) is 0 Å². The number of nitrogens with zero attached hydrogens (tertiary/aromatic N) is 4. The molecule has 1 fully saturated rings. The van der Waals surface area contributed by atoms with E-state index in [0.717, 1.165) is 23.3 Å². The monoisotopic (exact) mass is 478 g/mol. The number of halogens is 6. The minimum absolute atomic E-state index is 0.0262. The number of benzene rings is 1. The second-order valence-corrected chi connectivity index (χ2v) is 7.40. The summed E-state index contributed by atoms with van der Waals surface area (Å²) in [7, 11) is 0. The van der Waals surface area contributed by atoms with Crippen LogP contribution in [-0.4, -0.2) is 32.0 Å². The van der Waals surface area contributed by atoms with Crippen LogP contribution in [0, 0.1) is 0 Å². The van der Waals surface area contributed by atoms with Gasteiger partial charge in [0.1, 0.15) is 5.75 Å². The Morgan fingerprint density at radius 2 is 1.90 bits per heavy atom. The average Bonchev–Trinajstić information content (AvgIpc) is 3.34. The third-order valence-electron chi connectivity index (χ3n) is 4.13. The smallest absolute Gasteiger partial charge is 0.406 e. The summed E-state index contributed by atoms with van der Waals surface area (Å²) >= 11 is 2.25. The summed E-state index contributed by atoms with van der Waals surface area (Å²) in [5.41, 5.74) is 1.13. The van der Waals surface area contributed by atoms with E-state index in [1.165, 1.54) is 24.5 Å². The normalized spacial score (nSPS) is 15.1. The maximum atomic E-state index is 13.7. The summed E-state index contributed by atoms with van der Waals surface area (Å²) in [6.45, 7) is 0.0262. The molecule has 2 aromatic heterocycles. The van der Waals surface area contributed by atoms with Crippen molar-refractivity contribution in [2.24, 2.45) is 0 Å². The number of hydrogen-bond acceptors (Lipinski definition) is 5. The minimum atomic E-state index is -4.84. The molecule has 1 saturated carbocycles. The predicted molar refractivity (Wildman–Crippen MR) is 93.5 cm³/mol. The molecular formula is C17H12BrF5N4O2. The van der Waals surface area contributed by atoms with Crippen molar-refractivity contribution in [2.45, 2.75) is 36.7 Å². The predicted octanol–water partition coefficient (Wildman–Crippen LogP) is 4.81. The van der Waals surface area contributed by atoms with E-state index in [1.807, 2.05) is 0 Å². The van der Waals surface area contributed by atoms with Gasteiger partial charge in [-0.05, 0) is 52.5 Å². The third kappa shape index (κ3) is 4.64. The molecule has 1 aromatic carbocycles. The number of aromatic nitrogens is 4. The summed E-state index contributed by atoms with van der Waals surface area (Å²) in [6.07, 6.45) is -0.490. The molecule has 0 atom stereocenters. The lowest BCUT2D eigenvalue weighted by Crippen LogP contribution is -2.17. The highest BCUT2D eigenvalue weighted by Gasteiger charge is 2.34. The van der Waals surface area contributed by atoms with E-state index < -0.39 is 22.8 Å². The number of hydrogen-bond donors (Lipinski definition) is 0. The molecule has 1 aliphatic carbocycles. The lowest BCUT2D eigenvalue weighted by atomic mass is 10.0. The maximum absolute atomic E-state index is 13.7. The SMILES string of the molecule is FC(F)(F)Oc1ccc(-c2cn3c(C(F)(F)Br)nnc3cn2)c(COC2CC2)c1. The van der Waals surface area contributed by atoms with Gasteiger partial charge >= 0.3 is 11.2 Å². The zero-order valence-corrected chi connectivity index (χ0v) is 16.0. The molecule has 0 bridgehead atoms. The van der Waals surface area contributed by atoms with Gasteiger partial charge in [0.2, 0.25) is 5.82 Å². The van der Waals surface area contributed by atoms with Crippen LogP contribution in [0.1, 0.15) is 24.2 Å². The van der Waals surface area contributed by atoms with Crippen molar-refractivity contribution < 1.29 is 31.4 Å². The van der Waals surface area contributed by atoms with E-state index in [4.69, 9.17) is 4.74 Å². The lowest BCUT2D eigenvalue weighted by molar-refractivity contribution is -0.274. The summed E-state index contributed by atoms with van der Waals surface area (Å²) in [5.74, 6) is -1.06. The molecular weight excluding hydrogens is 467 g/mol. The van der Waals surface area contributed by atoms with Gasteiger partial charge in [-0.25, -0.2) is 0 Å². The molecule has 154 valence electrons. The van der Waals surface area contributed by atoms with E-state index in [9.17, 15) is 22.0 Å². The summed E-state index contributed by atoms with van der Waals surface area (Å²) in [5, 5.41) is 7.09. The Kier molecular flexibility index (Phi) is 4.93. The number of ether oxygens (including phenoxy) is 2. The van der Waals surface area contributed by atoms with Crippen molar-refractivity contribution in [3.05, 3.63) is 42.0 Å². The number of rotatable bonds is 6. The van der Waals surface area contributed by atoms with Gasteiger partial charge in [-0.2, -0.15) is 8.78 Å². The van der Waals surface area contributed by atoms with Crippen LogP contribution in [0.5, 0.6) is 5.75 Å². The van der Waals surface area contributed by atoms with Crippen LogP contribution in [0.3, 0.4) is 0 Å². The topological polar surface area (TPSA) is 61.5 Å². The molecule has 0 radical (unpaired) electrons. The van der Waals surface area contributed by atoms with Crippen LogP contribution < -0.4 is 4.74 Å². The van der Waals surface area contributed by atoms with Gasteiger partial charge in [-0.15, -0.1) is 23.4 Å². The van der Waals surface area contributed by atoms with E-state index in [2.05, 4.69) is 35.8 Å². The first-order valence-corrected chi connectivity index (χ1v) is 9.18. The van der Waals surface area contributed by atoms with Crippen LogP contribution in [0.25, 0.3) is 16.9 Å². The number of fused-ring (bicyclic) bond motifs is 1. The van der Waals surface area contributed by atoms with Crippen molar-refractivity contribution in [2.75, 3.05) is 0 Å². The summed E-state index contributed by atoms with van der Waals surface area (Å²) in [4.78, 5) is 0.755. The Hall–Kier alpha value is -2.34. The van der Waals surface area contributed by atoms with Gasteiger partial charge in [0.15, 0.2) is 5.65 Å². The van der Waals surface area contributed by atoms with Crippen LogP contribution in [0.15, 0.2) is 30.6 Å². The van der Waals surface area contributed by atoms with Gasteiger partial charge in [-0.3, -0.25) is 9.38 Å². The lowest BCUT2D eigenvalue weighted by Gasteiger charge is -2.14. The quantitative estimate of drug-likeness (QED) is 0.375. The fourth-order valence-corrected chi connectivity index (χ4v) is 2.98. The highest BCUT2D eigenvalue weighted by Crippen LogP contribution is 2.35. The third-order valence-corrected chi connectivity index (χ3v) is 4.49. The van der Waals surface area contributed by atoms with Gasteiger partial charge in [-0.1, -0.05) is 0 Å². The van der Waals surface area contributed by atoms with Gasteiger partial charge in [0, 0.05) is 11.8 Å².